The lowest BCUT2D eigenvalue weighted by Crippen LogP contribution is -2.61. The SMILES string of the molecule is COc1ccc(N(CC(=O)NC23CC4CC(CC(C4)C2)C3)S(=O)(=O)c2ccccc2)cc1Cl. The maximum absolute atomic E-state index is 13.6. The number of nitrogens with zero attached hydrogens (tertiary/aromatic N) is 1. The molecule has 4 bridgehead atoms. The van der Waals surface area contributed by atoms with Crippen LogP contribution >= 0.6 is 11.6 Å². The molecule has 4 fully saturated rings. The molecular formula is C25H29ClN2O4S. The van der Waals surface area contributed by atoms with Crippen LogP contribution in [0.25, 0.3) is 0 Å². The van der Waals surface area contributed by atoms with Crippen molar-refractivity contribution < 1.29 is 17.9 Å². The highest BCUT2D eigenvalue weighted by Crippen LogP contribution is 2.55. The number of ether oxygens (including phenoxy) is 1. The van der Waals surface area contributed by atoms with Gasteiger partial charge in [0.05, 0.1) is 22.7 Å². The van der Waals surface area contributed by atoms with Gasteiger partial charge >= 0.3 is 0 Å². The maximum atomic E-state index is 13.6. The van der Waals surface area contributed by atoms with E-state index >= 15 is 0 Å². The Kier molecular flexibility index (Phi) is 5.81. The molecule has 1 N–H and O–H groups in total. The van der Waals surface area contributed by atoms with Crippen molar-refractivity contribution in [1.82, 2.24) is 5.32 Å². The lowest BCUT2D eigenvalue weighted by Gasteiger charge is -2.57. The first-order valence-corrected chi connectivity index (χ1v) is 13.3. The number of carbonyl (C=O) groups is 1. The molecule has 6 nitrogen and oxygen atoms in total. The molecule has 8 heteroatoms. The van der Waals surface area contributed by atoms with Crippen LogP contribution in [-0.2, 0) is 14.8 Å². The summed E-state index contributed by atoms with van der Waals surface area (Å²) in [6.07, 6.45) is 6.83. The summed E-state index contributed by atoms with van der Waals surface area (Å²) < 4.78 is 33.5. The molecule has 176 valence electrons. The van der Waals surface area contributed by atoms with Crippen LogP contribution in [0.4, 0.5) is 5.69 Å². The molecule has 0 radical (unpaired) electrons. The van der Waals surface area contributed by atoms with Crippen molar-refractivity contribution in [3.05, 3.63) is 53.6 Å². The minimum atomic E-state index is -3.98. The minimum absolute atomic E-state index is 0.125. The largest absolute Gasteiger partial charge is 0.495 e. The third kappa shape index (κ3) is 4.33. The maximum Gasteiger partial charge on any atom is 0.264 e. The number of nitrogens with one attached hydrogen (secondary N) is 1. The van der Waals surface area contributed by atoms with Gasteiger partial charge in [-0.1, -0.05) is 29.8 Å². The first-order chi connectivity index (χ1) is 15.8. The second-order valence-electron chi connectivity index (χ2n) is 9.89. The third-order valence-corrected chi connectivity index (χ3v) is 9.57. The topological polar surface area (TPSA) is 75.7 Å². The number of sulfonamides is 1. The van der Waals surface area contributed by atoms with E-state index in [1.807, 2.05) is 0 Å². The van der Waals surface area contributed by atoms with E-state index in [1.165, 1.54) is 44.6 Å². The van der Waals surface area contributed by atoms with Crippen molar-refractivity contribution >= 4 is 33.2 Å². The normalized spacial score (nSPS) is 27.9. The molecule has 1 amide bonds. The smallest absolute Gasteiger partial charge is 0.264 e. The molecule has 0 spiro atoms. The molecule has 2 aromatic carbocycles. The highest BCUT2D eigenvalue weighted by atomic mass is 35.5. The molecule has 4 aliphatic rings. The monoisotopic (exact) mass is 488 g/mol. The molecule has 0 atom stereocenters. The van der Waals surface area contributed by atoms with Crippen molar-refractivity contribution in [2.75, 3.05) is 18.0 Å². The van der Waals surface area contributed by atoms with Gasteiger partial charge in [-0.05, 0) is 86.6 Å². The molecule has 4 aliphatic carbocycles. The molecule has 0 saturated heterocycles. The van der Waals surface area contributed by atoms with Crippen molar-refractivity contribution in [2.45, 2.75) is 49.0 Å². The summed E-state index contributed by atoms with van der Waals surface area (Å²) in [5, 5.41) is 3.56. The molecule has 33 heavy (non-hydrogen) atoms. The van der Waals surface area contributed by atoms with Crippen molar-refractivity contribution in [2.24, 2.45) is 17.8 Å². The van der Waals surface area contributed by atoms with Crippen molar-refractivity contribution in [3.63, 3.8) is 0 Å². The van der Waals surface area contributed by atoms with Gasteiger partial charge in [-0.25, -0.2) is 8.42 Å². The lowest BCUT2D eigenvalue weighted by molar-refractivity contribution is -0.125. The molecular weight excluding hydrogens is 460 g/mol. The van der Waals surface area contributed by atoms with Crippen LogP contribution in [-0.4, -0.2) is 33.5 Å². The highest BCUT2D eigenvalue weighted by molar-refractivity contribution is 7.92. The minimum Gasteiger partial charge on any atom is -0.495 e. The van der Waals surface area contributed by atoms with Gasteiger partial charge in [0.1, 0.15) is 12.3 Å². The number of hydrogen-bond donors (Lipinski definition) is 1. The quantitative estimate of drug-likeness (QED) is 0.616. The van der Waals surface area contributed by atoms with Crippen LogP contribution in [0.5, 0.6) is 5.75 Å². The van der Waals surface area contributed by atoms with Crippen LogP contribution < -0.4 is 14.4 Å². The Balaban J connectivity index is 1.43. The Morgan fingerprint density at radius 2 is 1.67 bits per heavy atom. The van der Waals surface area contributed by atoms with Gasteiger partial charge < -0.3 is 10.1 Å². The van der Waals surface area contributed by atoms with Crippen molar-refractivity contribution in [1.29, 1.82) is 0 Å². The predicted molar refractivity (Wildman–Crippen MR) is 128 cm³/mol. The fourth-order valence-corrected chi connectivity index (χ4v) is 8.26. The van der Waals surface area contributed by atoms with E-state index in [4.69, 9.17) is 16.3 Å². The van der Waals surface area contributed by atoms with Crippen molar-refractivity contribution in [3.8, 4) is 5.75 Å². The molecule has 0 unspecified atom stereocenters. The van der Waals surface area contributed by atoms with E-state index in [9.17, 15) is 13.2 Å². The predicted octanol–water partition coefficient (Wildman–Crippen LogP) is 4.63. The van der Waals surface area contributed by atoms with E-state index in [1.54, 1.807) is 30.3 Å². The summed E-state index contributed by atoms with van der Waals surface area (Å²) in [5.41, 5.74) is 0.135. The molecule has 0 aliphatic heterocycles. The van der Waals surface area contributed by atoms with Gasteiger partial charge in [0.15, 0.2) is 0 Å². The molecule has 0 aromatic heterocycles. The molecule has 0 heterocycles. The first-order valence-electron chi connectivity index (χ1n) is 11.5. The number of halogens is 1. The molecule has 4 saturated carbocycles. The van der Waals surface area contributed by atoms with Gasteiger partial charge in [-0.3, -0.25) is 9.10 Å². The van der Waals surface area contributed by atoms with Gasteiger partial charge in [-0.2, -0.15) is 0 Å². The number of methoxy groups -OCH3 is 1. The zero-order valence-electron chi connectivity index (χ0n) is 18.7. The highest BCUT2D eigenvalue weighted by Gasteiger charge is 2.51. The zero-order chi connectivity index (χ0) is 23.2. The van der Waals surface area contributed by atoms with Gasteiger partial charge in [0.25, 0.3) is 10.0 Å². The number of benzene rings is 2. The number of hydrogen-bond acceptors (Lipinski definition) is 4. The Hall–Kier alpha value is -2.25. The van der Waals surface area contributed by atoms with Gasteiger partial charge in [0.2, 0.25) is 5.91 Å². The average molecular weight is 489 g/mol. The lowest BCUT2D eigenvalue weighted by atomic mass is 9.53. The van der Waals surface area contributed by atoms with Gasteiger partial charge in [0, 0.05) is 5.54 Å². The van der Waals surface area contributed by atoms with Crippen LogP contribution in [0.2, 0.25) is 5.02 Å². The summed E-state index contributed by atoms with van der Waals surface area (Å²) >= 11 is 6.30. The Labute approximate surface area is 200 Å². The molecule has 6 rings (SSSR count). The van der Waals surface area contributed by atoms with Crippen LogP contribution in [0.1, 0.15) is 38.5 Å². The summed E-state index contributed by atoms with van der Waals surface area (Å²) in [4.78, 5) is 13.4. The summed E-state index contributed by atoms with van der Waals surface area (Å²) in [6, 6.07) is 12.9. The van der Waals surface area contributed by atoms with E-state index in [0.29, 0.717) is 29.2 Å². The van der Waals surface area contributed by atoms with Crippen LogP contribution in [0.15, 0.2) is 53.4 Å². The van der Waals surface area contributed by atoms with Gasteiger partial charge in [-0.15, -0.1) is 0 Å². The first kappa shape index (κ1) is 22.5. The summed E-state index contributed by atoms with van der Waals surface area (Å²) in [5.74, 6) is 2.21. The summed E-state index contributed by atoms with van der Waals surface area (Å²) in [7, 11) is -2.48. The standard InChI is InChI=1S/C25H29ClN2O4S/c1-32-23-8-7-20(12-22(23)26)28(33(30,31)21-5-3-2-4-6-21)16-24(29)27-25-13-17-9-18(14-25)11-19(10-17)15-25/h2-8,12,17-19H,9-11,13-16H2,1H3,(H,27,29). The molecule has 2 aromatic rings. The average Bonchev–Trinajstić information content (AvgIpc) is 2.76. The Morgan fingerprint density at radius 3 is 2.21 bits per heavy atom. The number of amides is 1. The number of anilines is 1. The third-order valence-electron chi connectivity index (χ3n) is 7.48. The number of carbonyl (C=O) groups excluding carboxylic acids is 1. The van der Waals surface area contributed by atoms with Crippen LogP contribution in [0, 0.1) is 17.8 Å². The zero-order valence-corrected chi connectivity index (χ0v) is 20.2. The number of rotatable bonds is 7. The Morgan fingerprint density at radius 1 is 1.06 bits per heavy atom. The fourth-order valence-electron chi connectivity index (χ4n) is 6.57. The van der Waals surface area contributed by atoms with E-state index in [2.05, 4.69) is 5.32 Å². The fraction of sp³-hybridized carbons (Fsp3) is 0.480. The van der Waals surface area contributed by atoms with E-state index in [-0.39, 0.29) is 27.9 Å². The van der Waals surface area contributed by atoms with E-state index < -0.39 is 10.0 Å². The van der Waals surface area contributed by atoms with Crippen LogP contribution in [0.3, 0.4) is 0 Å². The van der Waals surface area contributed by atoms with E-state index in [0.717, 1.165) is 23.6 Å². The second kappa shape index (κ2) is 8.51. The summed E-state index contributed by atoms with van der Waals surface area (Å²) in [6.45, 7) is -0.304. The Bertz CT molecular complexity index is 1120. The second-order valence-corrected chi connectivity index (χ2v) is 12.2.